The molecule has 3 aliphatic heterocycles. The highest BCUT2D eigenvalue weighted by Crippen LogP contribution is 2.38. The van der Waals surface area contributed by atoms with Gasteiger partial charge in [-0.05, 0) is 57.3 Å². The molecule has 0 aliphatic carbocycles. The summed E-state index contributed by atoms with van der Waals surface area (Å²) in [4.78, 5) is 30.0. The van der Waals surface area contributed by atoms with Gasteiger partial charge in [0.2, 0.25) is 0 Å². The lowest BCUT2D eigenvalue weighted by atomic mass is 10.0. The molecular weight excluding hydrogens is 562 g/mol. The van der Waals surface area contributed by atoms with Gasteiger partial charge < -0.3 is 19.4 Å². The highest BCUT2D eigenvalue weighted by atomic mass is 35.5. The summed E-state index contributed by atoms with van der Waals surface area (Å²) in [5.41, 5.74) is 2.61. The minimum absolute atomic E-state index is 0.101. The van der Waals surface area contributed by atoms with Crippen LogP contribution in [0.15, 0.2) is 42.7 Å². The summed E-state index contributed by atoms with van der Waals surface area (Å²) < 4.78 is 34.3. The average Bonchev–Trinajstić information content (AvgIpc) is 3.34. The minimum Gasteiger partial charge on any atom is -0.461 e. The van der Waals surface area contributed by atoms with Gasteiger partial charge in [-0.1, -0.05) is 36.4 Å². The number of likely N-dealkylation sites (N-methyl/N-ethyl adjacent to an activating group) is 1. The Morgan fingerprint density at radius 3 is 2.60 bits per heavy atom. The van der Waals surface area contributed by atoms with Crippen LogP contribution in [0.5, 0.6) is 6.01 Å². The Hall–Kier alpha value is -3.50. The number of hydrogen-bond acceptors (Lipinski definition) is 7. The molecule has 0 spiro atoms. The van der Waals surface area contributed by atoms with Crippen molar-refractivity contribution in [3.05, 3.63) is 64.8 Å². The topological polar surface area (TPSA) is 65.0 Å². The van der Waals surface area contributed by atoms with E-state index in [1.54, 1.807) is 6.07 Å². The van der Waals surface area contributed by atoms with E-state index in [-0.39, 0.29) is 10.6 Å². The van der Waals surface area contributed by atoms with E-state index in [1.807, 2.05) is 18.2 Å². The Morgan fingerprint density at radius 1 is 1.10 bits per heavy atom. The predicted molar refractivity (Wildman–Crippen MR) is 161 cm³/mol. The van der Waals surface area contributed by atoms with E-state index in [9.17, 15) is 13.6 Å². The Morgan fingerprint density at radius 2 is 1.88 bits per heavy atom. The number of aromatic nitrogens is 2. The molecule has 11 heteroatoms. The molecule has 4 heterocycles. The van der Waals surface area contributed by atoms with E-state index in [1.165, 1.54) is 11.0 Å². The number of likely N-dealkylation sites (tertiary alicyclic amines) is 1. The molecule has 1 aromatic heterocycles. The monoisotopic (exact) mass is 596 g/mol. The van der Waals surface area contributed by atoms with E-state index in [0.717, 1.165) is 47.5 Å². The molecule has 2 fully saturated rings. The van der Waals surface area contributed by atoms with Gasteiger partial charge in [0.1, 0.15) is 18.2 Å². The molecule has 6 rings (SSSR count). The quantitative estimate of drug-likeness (QED) is 0.372. The molecule has 0 saturated carbocycles. The Kier molecular flexibility index (Phi) is 7.70. The molecule has 0 radical (unpaired) electrons. The Bertz CT molecular complexity index is 1550. The maximum Gasteiger partial charge on any atom is 0.318 e. The molecular formula is C31H35ClF2N6O2. The molecule has 2 saturated heterocycles. The smallest absolute Gasteiger partial charge is 0.318 e. The number of nitrogens with zero attached hydrogens (tertiary/aromatic N) is 6. The van der Waals surface area contributed by atoms with Gasteiger partial charge in [-0.3, -0.25) is 9.69 Å². The molecule has 1 atom stereocenters. The highest BCUT2D eigenvalue weighted by molar-refractivity contribution is 6.36. The molecule has 0 bridgehead atoms. The summed E-state index contributed by atoms with van der Waals surface area (Å²) in [7, 11) is 2.11. The SMILES string of the molecule is C=C(F)C(=O)N1CCN(c2nc(OCC3(C)CCCN3C)nc3c2CCN(c2cccc4ccc(F)c(Cl)c24)C3)CC1. The van der Waals surface area contributed by atoms with Crippen LogP contribution in [0.1, 0.15) is 31.0 Å². The summed E-state index contributed by atoms with van der Waals surface area (Å²) in [5.74, 6) is -1.28. The van der Waals surface area contributed by atoms with Crippen molar-refractivity contribution >= 4 is 39.8 Å². The second-order valence-electron chi connectivity index (χ2n) is 11.7. The number of rotatable bonds is 6. The summed E-state index contributed by atoms with van der Waals surface area (Å²) in [6.45, 7) is 9.72. The molecule has 8 nitrogen and oxygen atoms in total. The van der Waals surface area contributed by atoms with Crippen LogP contribution in [-0.4, -0.2) is 84.1 Å². The summed E-state index contributed by atoms with van der Waals surface area (Å²) in [6, 6.07) is 9.29. The van der Waals surface area contributed by atoms with Gasteiger partial charge in [0, 0.05) is 49.4 Å². The highest BCUT2D eigenvalue weighted by Gasteiger charge is 2.36. The van der Waals surface area contributed by atoms with Crippen molar-refractivity contribution in [2.24, 2.45) is 0 Å². The van der Waals surface area contributed by atoms with Gasteiger partial charge in [-0.2, -0.15) is 9.97 Å². The van der Waals surface area contributed by atoms with Crippen molar-refractivity contribution in [2.75, 3.05) is 62.7 Å². The standard InChI is InChI=1S/C31H35ClF2N6O2/c1-20(33)29(41)39-16-14-38(15-17-39)28-22-10-13-40(25-7-4-6-21-8-9-23(34)27(32)26(21)25)18-24(22)35-30(36-28)42-19-31(2)11-5-12-37(31)3/h4,6-9H,1,5,10-19H2,2-3H3. The maximum absolute atomic E-state index is 14.5. The summed E-state index contributed by atoms with van der Waals surface area (Å²) >= 11 is 6.47. The second-order valence-corrected chi connectivity index (χ2v) is 12.0. The van der Waals surface area contributed by atoms with E-state index in [4.69, 9.17) is 26.3 Å². The van der Waals surface area contributed by atoms with Gasteiger partial charge in [0.05, 0.1) is 22.8 Å². The maximum atomic E-state index is 14.5. The predicted octanol–water partition coefficient (Wildman–Crippen LogP) is 4.98. The van der Waals surface area contributed by atoms with Crippen LogP contribution < -0.4 is 14.5 Å². The van der Waals surface area contributed by atoms with Gasteiger partial charge in [0.15, 0.2) is 5.83 Å². The summed E-state index contributed by atoms with van der Waals surface area (Å²) in [6.07, 6.45) is 2.81. The number of halogens is 3. The van der Waals surface area contributed by atoms with Crippen LogP contribution in [0.3, 0.4) is 0 Å². The van der Waals surface area contributed by atoms with Crippen LogP contribution >= 0.6 is 11.6 Å². The molecule has 1 amide bonds. The van der Waals surface area contributed by atoms with Crippen LogP contribution in [0.4, 0.5) is 20.3 Å². The van der Waals surface area contributed by atoms with Crippen molar-refractivity contribution in [3.8, 4) is 6.01 Å². The lowest BCUT2D eigenvalue weighted by Crippen LogP contribution is -2.49. The number of carbonyl (C=O) groups is 1. The number of fused-ring (bicyclic) bond motifs is 2. The molecule has 222 valence electrons. The normalized spacial score (nSPS) is 21.1. The zero-order valence-electron chi connectivity index (χ0n) is 24.0. The van der Waals surface area contributed by atoms with Gasteiger partial charge in [-0.15, -0.1) is 0 Å². The molecule has 2 aromatic carbocycles. The van der Waals surface area contributed by atoms with E-state index in [2.05, 4.69) is 35.3 Å². The van der Waals surface area contributed by atoms with Crippen LogP contribution in [0.2, 0.25) is 5.02 Å². The van der Waals surface area contributed by atoms with E-state index >= 15 is 0 Å². The minimum atomic E-state index is -0.947. The molecule has 3 aromatic rings. The zero-order chi connectivity index (χ0) is 29.6. The van der Waals surface area contributed by atoms with E-state index < -0.39 is 17.6 Å². The lowest BCUT2D eigenvalue weighted by Gasteiger charge is -2.38. The first-order chi connectivity index (χ1) is 20.1. The van der Waals surface area contributed by atoms with Crippen molar-refractivity contribution in [1.29, 1.82) is 0 Å². The largest absolute Gasteiger partial charge is 0.461 e. The molecule has 42 heavy (non-hydrogen) atoms. The summed E-state index contributed by atoms with van der Waals surface area (Å²) in [5, 5.41) is 1.66. The van der Waals surface area contributed by atoms with Crippen LogP contribution in [-0.2, 0) is 17.8 Å². The first-order valence-electron chi connectivity index (χ1n) is 14.4. The third-order valence-electron chi connectivity index (χ3n) is 9.02. The molecule has 1 unspecified atom stereocenters. The third kappa shape index (κ3) is 5.26. The number of ether oxygens (including phenoxy) is 1. The number of anilines is 2. The molecule has 0 N–H and O–H groups in total. The number of benzene rings is 2. The fourth-order valence-electron chi connectivity index (χ4n) is 6.33. The fourth-order valence-corrected chi connectivity index (χ4v) is 6.60. The Balaban J connectivity index is 1.33. The Labute approximate surface area is 249 Å². The number of amides is 1. The first-order valence-corrected chi connectivity index (χ1v) is 14.8. The molecule has 3 aliphatic rings. The van der Waals surface area contributed by atoms with Gasteiger partial charge >= 0.3 is 6.01 Å². The van der Waals surface area contributed by atoms with Gasteiger partial charge in [0.25, 0.3) is 5.91 Å². The van der Waals surface area contributed by atoms with E-state index in [0.29, 0.717) is 63.7 Å². The van der Waals surface area contributed by atoms with Crippen LogP contribution in [0.25, 0.3) is 10.8 Å². The first kappa shape index (κ1) is 28.6. The number of carbonyl (C=O) groups excluding carboxylic acids is 1. The number of hydrogen-bond donors (Lipinski definition) is 0. The third-order valence-corrected chi connectivity index (χ3v) is 9.39. The fraction of sp³-hybridized carbons (Fsp3) is 0.452. The van der Waals surface area contributed by atoms with Crippen molar-refractivity contribution in [2.45, 2.75) is 38.3 Å². The zero-order valence-corrected chi connectivity index (χ0v) is 24.8. The van der Waals surface area contributed by atoms with Crippen molar-refractivity contribution < 1.29 is 18.3 Å². The van der Waals surface area contributed by atoms with Crippen molar-refractivity contribution in [3.63, 3.8) is 0 Å². The van der Waals surface area contributed by atoms with Crippen LogP contribution in [0, 0.1) is 5.82 Å². The number of piperazine rings is 1. The van der Waals surface area contributed by atoms with Crippen molar-refractivity contribution in [1.82, 2.24) is 19.8 Å². The van der Waals surface area contributed by atoms with Gasteiger partial charge in [-0.25, -0.2) is 8.78 Å². The lowest BCUT2D eigenvalue weighted by molar-refractivity contribution is -0.128. The second kappa shape index (κ2) is 11.3. The average molecular weight is 597 g/mol.